The van der Waals surface area contributed by atoms with Gasteiger partial charge in [0.25, 0.3) is 5.91 Å². The van der Waals surface area contributed by atoms with Gasteiger partial charge in [-0.15, -0.1) is 0 Å². The minimum atomic E-state index is -1.07. The van der Waals surface area contributed by atoms with Crippen LogP contribution in [0.1, 0.15) is 20.8 Å². The summed E-state index contributed by atoms with van der Waals surface area (Å²) in [6.45, 7) is 0.819. The van der Waals surface area contributed by atoms with E-state index in [2.05, 4.69) is 10.3 Å². The first-order valence-corrected chi connectivity index (χ1v) is 5.95. The third-order valence-electron chi connectivity index (χ3n) is 2.68. The summed E-state index contributed by atoms with van der Waals surface area (Å²) in [5.74, 6) is -1.28. The largest absolute Gasteiger partial charge is 0.476 e. The number of benzene rings is 1. The quantitative estimate of drug-likeness (QED) is 0.691. The Morgan fingerprint density at radius 3 is 2.60 bits per heavy atom. The van der Waals surface area contributed by atoms with Gasteiger partial charge in [-0.05, 0) is 24.3 Å². The van der Waals surface area contributed by atoms with E-state index in [1.165, 1.54) is 12.5 Å². The molecule has 0 spiro atoms. The molecule has 7 nitrogen and oxygen atoms in total. The van der Waals surface area contributed by atoms with Crippen molar-refractivity contribution in [2.24, 2.45) is 0 Å². The molecular weight excluding hydrogens is 260 g/mol. The zero-order valence-electron chi connectivity index (χ0n) is 10.6. The molecule has 4 N–H and O–H groups in total. The van der Waals surface area contributed by atoms with Gasteiger partial charge >= 0.3 is 5.97 Å². The Hall–Kier alpha value is -2.83. The van der Waals surface area contributed by atoms with Crippen LogP contribution < -0.4 is 11.1 Å². The number of carboxylic acid groups (broad SMARTS) is 1. The van der Waals surface area contributed by atoms with E-state index in [1.54, 1.807) is 28.8 Å². The van der Waals surface area contributed by atoms with Gasteiger partial charge in [-0.25, -0.2) is 9.78 Å². The molecule has 104 valence electrons. The van der Waals surface area contributed by atoms with Gasteiger partial charge in [0.1, 0.15) is 0 Å². The van der Waals surface area contributed by atoms with Gasteiger partial charge < -0.3 is 20.7 Å². The normalized spacial score (nSPS) is 10.2. The van der Waals surface area contributed by atoms with Crippen molar-refractivity contribution in [2.45, 2.75) is 6.54 Å². The summed E-state index contributed by atoms with van der Waals surface area (Å²) in [4.78, 5) is 26.2. The Balaban J connectivity index is 1.84. The van der Waals surface area contributed by atoms with Gasteiger partial charge in [0.2, 0.25) is 0 Å². The highest BCUT2D eigenvalue weighted by atomic mass is 16.4. The Bertz CT molecular complexity index is 619. The number of anilines is 1. The minimum absolute atomic E-state index is 0.0186. The number of amides is 1. The smallest absolute Gasteiger partial charge is 0.356 e. The fourth-order valence-corrected chi connectivity index (χ4v) is 1.63. The van der Waals surface area contributed by atoms with Crippen molar-refractivity contribution in [3.63, 3.8) is 0 Å². The first-order chi connectivity index (χ1) is 9.56. The highest BCUT2D eigenvalue weighted by Gasteiger charge is 2.07. The van der Waals surface area contributed by atoms with E-state index in [-0.39, 0.29) is 11.6 Å². The Labute approximate surface area is 115 Å². The molecule has 0 unspecified atom stereocenters. The zero-order chi connectivity index (χ0) is 14.5. The second-order valence-corrected chi connectivity index (χ2v) is 4.18. The van der Waals surface area contributed by atoms with Gasteiger partial charge in [-0.1, -0.05) is 0 Å². The van der Waals surface area contributed by atoms with Crippen LogP contribution in [0, 0.1) is 0 Å². The number of rotatable bonds is 5. The second-order valence-electron chi connectivity index (χ2n) is 4.18. The van der Waals surface area contributed by atoms with Crippen LogP contribution in [0.25, 0.3) is 0 Å². The lowest BCUT2D eigenvalue weighted by Crippen LogP contribution is -2.26. The molecule has 0 fully saturated rings. The molecule has 20 heavy (non-hydrogen) atoms. The Kier molecular flexibility index (Phi) is 3.99. The first kappa shape index (κ1) is 13.6. The molecule has 1 amide bonds. The fraction of sp³-hybridized carbons (Fsp3) is 0.154. The third kappa shape index (κ3) is 3.35. The predicted molar refractivity (Wildman–Crippen MR) is 72.4 cm³/mol. The molecule has 0 radical (unpaired) electrons. The average molecular weight is 274 g/mol. The van der Waals surface area contributed by atoms with Gasteiger partial charge in [0.15, 0.2) is 5.69 Å². The maximum Gasteiger partial charge on any atom is 0.356 e. The summed E-state index contributed by atoms with van der Waals surface area (Å²) < 4.78 is 1.60. The van der Waals surface area contributed by atoms with Crippen molar-refractivity contribution >= 4 is 17.6 Å². The van der Waals surface area contributed by atoms with Crippen LogP contribution in [-0.2, 0) is 6.54 Å². The van der Waals surface area contributed by atoms with E-state index in [4.69, 9.17) is 10.8 Å². The molecule has 2 rings (SSSR count). The molecule has 1 aromatic carbocycles. The molecule has 0 aliphatic carbocycles. The zero-order valence-corrected chi connectivity index (χ0v) is 10.6. The van der Waals surface area contributed by atoms with Gasteiger partial charge in [0.05, 0.1) is 6.33 Å². The highest BCUT2D eigenvalue weighted by Crippen LogP contribution is 2.05. The van der Waals surface area contributed by atoms with Crippen LogP contribution in [0.2, 0.25) is 0 Å². The highest BCUT2D eigenvalue weighted by molar-refractivity contribution is 5.94. The number of nitrogens with one attached hydrogen (secondary N) is 1. The van der Waals surface area contributed by atoms with Crippen LogP contribution in [-0.4, -0.2) is 33.1 Å². The van der Waals surface area contributed by atoms with Crippen LogP contribution >= 0.6 is 0 Å². The molecule has 0 atom stereocenters. The number of aromatic nitrogens is 2. The molecule has 2 aromatic rings. The molecule has 1 heterocycles. The van der Waals surface area contributed by atoms with Crippen LogP contribution in [0.3, 0.4) is 0 Å². The van der Waals surface area contributed by atoms with E-state index in [0.29, 0.717) is 24.3 Å². The van der Waals surface area contributed by atoms with Gasteiger partial charge in [-0.2, -0.15) is 0 Å². The summed E-state index contributed by atoms with van der Waals surface area (Å²) in [6, 6.07) is 6.60. The van der Waals surface area contributed by atoms with Crippen LogP contribution in [0.4, 0.5) is 5.69 Å². The number of nitrogen functional groups attached to an aromatic ring is 1. The maximum atomic E-state index is 11.8. The van der Waals surface area contributed by atoms with Crippen molar-refractivity contribution in [3.05, 3.63) is 48.0 Å². The Morgan fingerprint density at radius 1 is 1.30 bits per heavy atom. The Morgan fingerprint density at radius 2 is 2.00 bits per heavy atom. The molecule has 0 aliphatic rings. The number of aromatic carboxylic acids is 1. The van der Waals surface area contributed by atoms with Crippen molar-refractivity contribution in [1.29, 1.82) is 0 Å². The lowest BCUT2D eigenvalue weighted by Gasteiger charge is -2.06. The number of nitrogens with two attached hydrogens (primary N) is 1. The second kappa shape index (κ2) is 5.87. The summed E-state index contributed by atoms with van der Waals surface area (Å²) in [6.07, 6.45) is 2.83. The number of imidazole rings is 1. The fourth-order valence-electron chi connectivity index (χ4n) is 1.63. The summed E-state index contributed by atoms with van der Waals surface area (Å²) in [5.41, 5.74) is 6.64. The van der Waals surface area contributed by atoms with Crippen molar-refractivity contribution in [1.82, 2.24) is 14.9 Å². The lowest BCUT2D eigenvalue weighted by molar-refractivity contribution is 0.0690. The van der Waals surface area contributed by atoms with Crippen molar-refractivity contribution < 1.29 is 14.7 Å². The average Bonchev–Trinajstić information content (AvgIpc) is 2.88. The van der Waals surface area contributed by atoms with E-state index < -0.39 is 5.97 Å². The number of carbonyl (C=O) groups excluding carboxylic acids is 1. The summed E-state index contributed by atoms with van der Waals surface area (Å²) in [5, 5.41) is 11.5. The topological polar surface area (TPSA) is 110 Å². The minimum Gasteiger partial charge on any atom is -0.476 e. The van der Waals surface area contributed by atoms with E-state index in [0.717, 1.165) is 0 Å². The van der Waals surface area contributed by atoms with E-state index in [9.17, 15) is 9.59 Å². The monoisotopic (exact) mass is 274 g/mol. The molecule has 7 heteroatoms. The standard InChI is InChI=1S/C13H14N4O3/c14-10-3-1-9(2-4-10)12(18)15-5-6-17-7-11(13(19)20)16-8-17/h1-4,7-8H,5-6,14H2,(H,15,18)(H,19,20). The molecular formula is C13H14N4O3. The maximum absolute atomic E-state index is 11.8. The van der Waals surface area contributed by atoms with Crippen molar-refractivity contribution in [3.8, 4) is 0 Å². The number of hydrogen-bond acceptors (Lipinski definition) is 4. The summed E-state index contributed by atoms with van der Waals surface area (Å²) in [7, 11) is 0. The summed E-state index contributed by atoms with van der Waals surface area (Å²) >= 11 is 0. The van der Waals surface area contributed by atoms with Gasteiger partial charge in [0, 0.05) is 30.5 Å². The number of carboxylic acids is 1. The lowest BCUT2D eigenvalue weighted by atomic mass is 10.2. The SMILES string of the molecule is Nc1ccc(C(=O)NCCn2cnc(C(=O)O)c2)cc1. The molecule has 0 aliphatic heterocycles. The molecule has 0 saturated carbocycles. The van der Waals surface area contributed by atoms with Crippen LogP contribution in [0.5, 0.6) is 0 Å². The first-order valence-electron chi connectivity index (χ1n) is 5.95. The molecule has 1 aromatic heterocycles. The predicted octanol–water partition coefficient (Wildman–Crippen LogP) is 0.593. The third-order valence-corrected chi connectivity index (χ3v) is 2.68. The number of nitrogens with zero attached hydrogens (tertiary/aromatic N) is 2. The van der Waals surface area contributed by atoms with Crippen molar-refractivity contribution in [2.75, 3.05) is 12.3 Å². The molecule has 0 bridgehead atoms. The molecule has 0 saturated heterocycles. The van der Waals surface area contributed by atoms with Gasteiger partial charge in [-0.3, -0.25) is 4.79 Å². The number of hydrogen-bond donors (Lipinski definition) is 3. The van der Waals surface area contributed by atoms with Crippen LogP contribution in [0.15, 0.2) is 36.8 Å². The van der Waals surface area contributed by atoms with E-state index >= 15 is 0 Å². The van der Waals surface area contributed by atoms with E-state index in [1.807, 2.05) is 0 Å². The number of carbonyl (C=O) groups is 2.